The van der Waals surface area contributed by atoms with E-state index in [0.29, 0.717) is 17.3 Å². The van der Waals surface area contributed by atoms with E-state index in [9.17, 15) is 9.90 Å². The zero-order valence-corrected chi connectivity index (χ0v) is 14.7. The minimum Gasteiger partial charge on any atom is -0.393 e. The molecule has 1 fully saturated rings. The van der Waals surface area contributed by atoms with Crippen LogP contribution in [0, 0.1) is 0 Å². The summed E-state index contributed by atoms with van der Waals surface area (Å²) in [7, 11) is 1.86. The smallest absolute Gasteiger partial charge is 0.269 e. The van der Waals surface area contributed by atoms with Gasteiger partial charge in [-0.1, -0.05) is 29.8 Å². The molecule has 0 radical (unpaired) electrons. The third-order valence-corrected chi connectivity index (χ3v) is 5.14. The van der Waals surface area contributed by atoms with E-state index in [1.54, 1.807) is 0 Å². The van der Waals surface area contributed by atoms with Crippen molar-refractivity contribution in [2.75, 3.05) is 26.2 Å². The molecule has 1 aliphatic rings. The van der Waals surface area contributed by atoms with E-state index in [2.05, 4.69) is 10.2 Å². The van der Waals surface area contributed by atoms with Crippen LogP contribution in [0.5, 0.6) is 0 Å². The average molecular weight is 350 g/mol. The first-order chi connectivity index (χ1) is 11.6. The summed E-state index contributed by atoms with van der Waals surface area (Å²) in [5.74, 6) is -0.132. The number of likely N-dealkylation sites (tertiary alicyclic amines) is 1. The van der Waals surface area contributed by atoms with Crippen molar-refractivity contribution in [2.45, 2.75) is 25.4 Å². The van der Waals surface area contributed by atoms with Gasteiger partial charge in [-0.15, -0.1) is 0 Å². The van der Waals surface area contributed by atoms with Crippen LogP contribution in [0.4, 0.5) is 0 Å². The lowest BCUT2D eigenvalue weighted by Gasteiger charge is -2.29. The molecule has 0 saturated carbocycles. The molecule has 1 amide bonds. The van der Waals surface area contributed by atoms with Gasteiger partial charge in [0.1, 0.15) is 5.69 Å². The van der Waals surface area contributed by atoms with E-state index in [1.807, 2.05) is 35.9 Å². The number of nitrogens with one attached hydrogen (secondary N) is 1. The van der Waals surface area contributed by atoms with Crippen LogP contribution in [0.2, 0.25) is 5.02 Å². The fourth-order valence-corrected chi connectivity index (χ4v) is 3.70. The van der Waals surface area contributed by atoms with E-state index in [1.165, 1.54) is 0 Å². The molecule has 1 saturated heterocycles. The number of nitrogens with zero attached hydrogens (tertiary/aromatic N) is 2. The van der Waals surface area contributed by atoms with Crippen molar-refractivity contribution in [3.05, 3.63) is 35.0 Å². The summed E-state index contributed by atoms with van der Waals surface area (Å²) in [6, 6.07) is 7.75. The SMILES string of the molecule is Cn1c(C(=O)NCCCN2CCC(O)CC2)c(Cl)c2ccccc21. The van der Waals surface area contributed by atoms with E-state index in [4.69, 9.17) is 11.6 Å². The molecule has 130 valence electrons. The first kappa shape index (κ1) is 17.3. The first-order valence-corrected chi connectivity index (χ1v) is 8.87. The zero-order valence-electron chi connectivity index (χ0n) is 14.0. The maximum absolute atomic E-state index is 12.5. The number of hydrogen-bond donors (Lipinski definition) is 2. The van der Waals surface area contributed by atoms with Crippen LogP contribution in [0.3, 0.4) is 0 Å². The normalized spacial score (nSPS) is 16.6. The monoisotopic (exact) mass is 349 g/mol. The van der Waals surface area contributed by atoms with Gasteiger partial charge in [-0.3, -0.25) is 4.79 Å². The number of aliphatic hydroxyl groups is 1. The Labute approximate surface area is 147 Å². The molecule has 2 aromatic rings. The Bertz CT molecular complexity index is 681. The molecule has 2 N–H and O–H groups in total. The number of benzene rings is 1. The summed E-state index contributed by atoms with van der Waals surface area (Å²) in [6.45, 7) is 3.43. The highest BCUT2D eigenvalue weighted by atomic mass is 35.5. The van der Waals surface area contributed by atoms with Crippen molar-refractivity contribution in [3.8, 4) is 0 Å². The number of carbonyl (C=O) groups excluding carboxylic acids is 1. The Morgan fingerprint density at radius 3 is 2.75 bits per heavy atom. The summed E-state index contributed by atoms with van der Waals surface area (Å²) < 4.78 is 1.85. The van der Waals surface area contributed by atoms with Crippen molar-refractivity contribution in [1.29, 1.82) is 0 Å². The Hall–Kier alpha value is -1.56. The maximum Gasteiger partial charge on any atom is 0.269 e. The predicted octanol–water partition coefficient (Wildman–Crippen LogP) is 2.41. The van der Waals surface area contributed by atoms with Gasteiger partial charge >= 0.3 is 0 Å². The quantitative estimate of drug-likeness (QED) is 0.815. The number of hydrogen-bond acceptors (Lipinski definition) is 3. The fourth-order valence-electron chi connectivity index (χ4n) is 3.33. The Morgan fingerprint density at radius 1 is 1.33 bits per heavy atom. The number of rotatable bonds is 5. The number of halogens is 1. The van der Waals surface area contributed by atoms with Crippen LogP contribution in [-0.4, -0.2) is 52.8 Å². The number of piperidine rings is 1. The molecular formula is C18H24ClN3O2. The van der Waals surface area contributed by atoms with Gasteiger partial charge in [0.25, 0.3) is 5.91 Å². The molecule has 2 heterocycles. The summed E-state index contributed by atoms with van der Waals surface area (Å²) in [5, 5.41) is 13.9. The number of para-hydroxylation sites is 1. The number of amides is 1. The van der Waals surface area contributed by atoms with E-state index >= 15 is 0 Å². The molecule has 0 aliphatic carbocycles. The summed E-state index contributed by atoms with van der Waals surface area (Å²) in [5.41, 5.74) is 1.47. The minimum absolute atomic E-state index is 0.132. The molecule has 1 aromatic carbocycles. The van der Waals surface area contributed by atoms with Gasteiger partial charge in [0, 0.05) is 37.6 Å². The lowest BCUT2D eigenvalue weighted by Crippen LogP contribution is -2.37. The second-order valence-corrected chi connectivity index (χ2v) is 6.80. The Morgan fingerprint density at radius 2 is 2.04 bits per heavy atom. The van der Waals surface area contributed by atoms with Gasteiger partial charge in [-0.05, 0) is 31.9 Å². The third-order valence-electron chi connectivity index (χ3n) is 4.75. The molecule has 6 heteroatoms. The lowest BCUT2D eigenvalue weighted by molar-refractivity contribution is 0.0816. The molecule has 1 aromatic heterocycles. The van der Waals surface area contributed by atoms with Gasteiger partial charge in [0.15, 0.2) is 0 Å². The van der Waals surface area contributed by atoms with Crippen LogP contribution in [0.25, 0.3) is 10.9 Å². The van der Waals surface area contributed by atoms with Gasteiger partial charge < -0.3 is 19.9 Å². The molecular weight excluding hydrogens is 326 g/mol. The van der Waals surface area contributed by atoms with Crippen LogP contribution in [0.15, 0.2) is 24.3 Å². The van der Waals surface area contributed by atoms with Crippen LogP contribution >= 0.6 is 11.6 Å². The van der Waals surface area contributed by atoms with E-state index in [-0.39, 0.29) is 12.0 Å². The third kappa shape index (κ3) is 3.58. The number of aromatic nitrogens is 1. The van der Waals surface area contributed by atoms with Crippen LogP contribution in [0.1, 0.15) is 29.8 Å². The number of fused-ring (bicyclic) bond motifs is 1. The molecule has 1 aliphatic heterocycles. The molecule has 5 nitrogen and oxygen atoms in total. The van der Waals surface area contributed by atoms with Crippen LogP contribution < -0.4 is 5.32 Å². The zero-order chi connectivity index (χ0) is 17.1. The highest BCUT2D eigenvalue weighted by Gasteiger charge is 2.20. The predicted molar refractivity (Wildman–Crippen MR) is 96.6 cm³/mol. The topological polar surface area (TPSA) is 57.5 Å². The number of carbonyl (C=O) groups is 1. The fraction of sp³-hybridized carbons (Fsp3) is 0.500. The van der Waals surface area contributed by atoms with Gasteiger partial charge in [0.2, 0.25) is 0 Å². The average Bonchev–Trinajstić information content (AvgIpc) is 2.85. The van der Waals surface area contributed by atoms with Crippen molar-refractivity contribution < 1.29 is 9.90 Å². The molecule has 0 spiro atoms. The van der Waals surface area contributed by atoms with E-state index < -0.39 is 0 Å². The molecule has 24 heavy (non-hydrogen) atoms. The second-order valence-electron chi connectivity index (χ2n) is 6.42. The summed E-state index contributed by atoms with van der Waals surface area (Å²) >= 11 is 6.39. The van der Waals surface area contributed by atoms with Gasteiger partial charge in [0.05, 0.1) is 11.1 Å². The summed E-state index contributed by atoms with van der Waals surface area (Å²) in [6.07, 6.45) is 2.44. The highest BCUT2D eigenvalue weighted by Crippen LogP contribution is 2.29. The van der Waals surface area contributed by atoms with Crippen molar-refractivity contribution in [3.63, 3.8) is 0 Å². The molecule has 0 atom stereocenters. The molecule has 0 bridgehead atoms. The standard InChI is InChI=1S/C18H24ClN3O2/c1-21-15-6-3-2-5-14(15)16(19)17(21)18(24)20-9-4-10-22-11-7-13(23)8-12-22/h2-3,5-6,13,23H,4,7-12H2,1H3,(H,20,24). The first-order valence-electron chi connectivity index (χ1n) is 8.49. The number of aliphatic hydroxyl groups excluding tert-OH is 1. The van der Waals surface area contributed by atoms with E-state index in [0.717, 1.165) is 49.8 Å². The number of aryl methyl sites for hydroxylation is 1. The largest absolute Gasteiger partial charge is 0.393 e. The van der Waals surface area contributed by atoms with Gasteiger partial charge in [-0.25, -0.2) is 0 Å². The van der Waals surface area contributed by atoms with Crippen molar-refractivity contribution >= 4 is 28.4 Å². The minimum atomic E-state index is -0.144. The van der Waals surface area contributed by atoms with Crippen LogP contribution in [-0.2, 0) is 7.05 Å². The van der Waals surface area contributed by atoms with Gasteiger partial charge in [-0.2, -0.15) is 0 Å². The second kappa shape index (κ2) is 7.55. The molecule has 0 unspecified atom stereocenters. The highest BCUT2D eigenvalue weighted by molar-refractivity contribution is 6.38. The Kier molecular flexibility index (Phi) is 5.43. The molecule has 3 rings (SSSR count). The van der Waals surface area contributed by atoms with Crippen molar-refractivity contribution in [1.82, 2.24) is 14.8 Å². The lowest BCUT2D eigenvalue weighted by atomic mass is 10.1. The Balaban J connectivity index is 1.54. The maximum atomic E-state index is 12.5. The summed E-state index contributed by atoms with van der Waals surface area (Å²) in [4.78, 5) is 14.8. The van der Waals surface area contributed by atoms with Crippen molar-refractivity contribution in [2.24, 2.45) is 7.05 Å².